The third-order valence-corrected chi connectivity index (χ3v) is 5.16. The summed E-state index contributed by atoms with van der Waals surface area (Å²) < 4.78 is 6.00. The van der Waals surface area contributed by atoms with E-state index in [1.165, 1.54) is 56.1 Å². The van der Waals surface area contributed by atoms with E-state index in [-0.39, 0.29) is 6.10 Å². The Hall–Kier alpha value is -1.14. The molecule has 1 aromatic carbocycles. The summed E-state index contributed by atoms with van der Waals surface area (Å²) in [6.45, 7) is 9.89. The van der Waals surface area contributed by atoms with Crippen LogP contribution in [-0.2, 0) is 13.0 Å². The Morgan fingerprint density at radius 2 is 1.30 bits per heavy atom. The van der Waals surface area contributed by atoms with Crippen LogP contribution in [-0.4, -0.2) is 38.8 Å². The van der Waals surface area contributed by atoms with E-state index in [1.807, 2.05) is 0 Å². The quantitative estimate of drug-likeness (QED) is 0.238. The Balaban J connectivity index is 2.36. The maximum absolute atomic E-state index is 6.00. The Morgan fingerprint density at radius 3 is 2.03 bits per heavy atom. The Labute approximate surface area is 185 Å². The van der Waals surface area contributed by atoms with Crippen LogP contribution in [0.5, 0.6) is 5.75 Å². The molecule has 0 aromatic heterocycles. The van der Waals surface area contributed by atoms with Gasteiger partial charge >= 0.3 is 0 Å². The molecule has 0 bridgehead atoms. The molecular weight excluding hydrogens is 372 g/mol. The molecule has 0 saturated carbocycles. The third kappa shape index (κ3) is 14.8. The predicted octanol–water partition coefficient (Wildman–Crippen LogP) is 4.12. The lowest BCUT2D eigenvalue weighted by Crippen LogP contribution is -2.19. The van der Waals surface area contributed by atoms with Crippen molar-refractivity contribution < 1.29 is 4.74 Å². The molecule has 0 radical (unpaired) electrons. The number of nitrogens with one attached hydrogen (secondary N) is 2. The molecule has 0 spiro atoms. The lowest BCUT2D eigenvalue weighted by Gasteiger charge is -2.14. The summed E-state index contributed by atoms with van der Waals surface area (Å²) in [5, 5.41) is 7.06. The van der Waals surface area contributed by atoms with E-state index in [0.717, 1.165) is 64.3 Å². The molecule has 6 N–H and O–H groups in total. The maximum atomic E-state index is 6.00. The van der Waals surface area contributed by atoms with Gasteiger partial charge in [-0.05, 0) is 108 Å². The van der Waals surface area contributed by atoms with Gasteiger partial charge in [-0.1, -0.05) is 31.7 Å². The molecule has 0 aliphatic rings. The first-order valence-electron chi connectivity index (χ1n) is 12.3. The molecule has 0 amide bonds. The summed E-state index contributed by atoms with van der Waals surface area (Å²) in [7, 11) is 0. The average Bonchev–Trinajstić information content (AvgIpc) is 2.71. The largest absolute Gasteiger partial charge is 0.491 e. The van der Waals surface area contributed by atoms with Crippen LogP contribution >= 0.6 is 0 Å². The third-order valence-electron chi connectivity index (χ3n) is 5.16. The number of nitrogens with two attached hydrogens (primary N) is 2. The van der Waals surface area contributed by atoms with E-state index >= 15 is 0 Å². The molecule has 1 rings (SSSR count). The van der Waals surface area contributed by atoms with Gasteiger partial charge in [0.1, 0.15) is 5.75 Å². The van der Waals surface area contributed by atoms with Gasteiger partial charge < -0.3 is 26.8 Å². The normalized spacial score (nSPS) is 11.4. The highest BCUT2D eigenvalue weighted by Gasteiger charge is 2.05. The minimum Gasteiger partial charge on any atom is -0.491 e. The number of hydrogen-bond donors (Lipinski definition) is 4. The highest BCUT2D eigenvalue weighted by atomic mass is 16.5. The van der Waals surface area contributed by atoms with Crippen molar-refractivity contribution in [1.29, 1.82) is 0 Å². The number of aryl methyl sites for hydroxylation is 1. The lowest BCUT2D eigenvalue weighted by atomic mass is 10.0. The van der Waals surface area contributed by atoms with Crippen molar-refractivity contribution in [2.75, 3.05) is 32.7 Å². The zero-order valence-corrected chi connectivity index (χ0v) is 19.7. The molecular formula is C25H48N4O. The Kier molecular flexibility index (Phi) is 16.7. The van der Waals surface area contributed by atoms with E-state index in [2.05, 4.69) is 42.7 Å². The van der Waals surface area contributed by atoms with Gasteiger partial charge in [-0.25, -0.2) is 0 Å². The van der Waals surface area contributed by atoms with Crippen LogP contribution in [0.2, 0.25) is 0 Å². The highest BCUT2D eigenvalue weighted by molar-refractivity contribution is 5.35. The van der Waals surface area contributed by atoms with Crippen molar-refractivity contribution in [2.24, 2.45) is 11.5 Å². The maximum Gasteiger partial charge on any atom is 0.120 e. The van der Waals surface area contributed by atoms with Crippen LogP contribution in [0.25, 0.3) is 0 Å². The first kappa shape index (κ1) is 26.9. The fraction of sp³-hybridized carbons (Fsp3) is 0.760. The molecule has 0 fully saturated rings. The van der Waals surface area contributed by atoms with Gasteiger partial charge in [-0.3, -0.25) is 0 Å². The summed E-state index contributed by atoms with van der Waals surface area (Å²) >= 11 is 0. The van der Waals surface area contributed by atoms with Gasteiger partial charge in [0.15, 0.2) is 0 Å². The molecule has 0 saturated heterocycles. The van der Waals surface area contributed by atoms with E-state index in [0.29, 0.717) is 0 Å². The zero-order chi connectivity index (χ0) is 21.9. The van der Waals surface area contributed by atoms with Crippen molar-refractivity contribution in [2.45, 2.75) is 90.7 Å². The van der Waals surface area contributed by atoms with Gasteiger partial charge in [-0.2, -0.15) is 0 Å². The standard InChI is InChI=1S/C25H48N4O/c1-22(2)30-25-19-23(12-7-6-10-15-28-17-11-14-27)18-24(20-25)21-29-16-9-5-3-4-8-13-26/h18-20,22,28-29H,3-17,21,26-27H2,1-2H3. The molecule has 0 unspecified atom stereocenters. The summed E-state index contributed by atoms with van der Waals surface area (Å²) in [6, 6.07) is 6.76. The molecule has 0 heterocycles. The van der Waals surface area contributed by atoms with Crippen LogP contribution < -0.4 is 26.8 Å². The minimum atomic E-state index is 0.203. The Morgan fingerprint density at radius 1 is 0.700 bits per heavy atom. The van der Waals surface area contributed by atoms with Gasteiger partial charge in [0, 0.05) is 6.54 Å². The van der Waals surface area contributed by atoms with Gasteiger partial charge in [0.2, 0.25) is 0 Å². The van der Waals surface area contributed by atoms with Crippen LogP contribution in [0.1, 0.15) is 82.8 Å². The predicted molar refractivity (Wildman–Crippen MR) is 130 cm³/mol. The molecule has 0 aliphatic heterocycles. The lowest BCUT2D eigenvalue weighted by molar-refractivity contribution is 0.242. The highest BCUT2D eigenvalue weighted by Crippen LogP contribution is 2.20. The van der Waals surface area contributed by atoms with Crippen molar-refractivity contribution in [3.8, 4) is 5.75 Å². The summed E-state index contributed by atoms with van der Waals surface area (Å²) in [4.78, 5) is 0. The van der Waals surface area contributed by atoms with Gasteiger partial charge in [0.05, 0.1) is 6.10 Å². The van der Waals surface area contributed by atoms with Crippen molar-refractivity contribution in [3.05, 3.63) is 29.3 Å². The van der Waals surface area contributed by atoms with Gasteiger partial charge in [0.25, 0.3) is 0 Å². The summed E-state index contributed by atoms with van der Waals surface area (Å²) in [6.07, 6.45) is 12.3. The van der Waals surface area contributed by atoms with Gasteiger partial charge in [-0.15, -0.1) is 0 Å². The average molecular weight is 421 g/mol. The fourth-order valence-electron chi connectivity index (χ4n) is 3.58. The van der Waals surface area contributed by atoms with Crippen LogP contribution in [0.3, 0.4) is 0 Å². The molecule has 174 valence electrons. The van der Waals surface area contributed by atoms with E-state index < -0.39 is 0 Å². The van der Waals surface area contributed by atoms with Crippen molar-refractivity contribution in [3.63, 3.8) is 0 Å². The van der Waals surface area contributed by atoms with Crippen LogP contribution in [0.15, 0.2) is 18.2 Å². The van der Waals surface area contributed by atoms with E-state index in [4.69, 9.17) is 16.2 Å². The summed E-state index contributed by atoms with van der Waals surface area (Å²) in [5.41, 5.74) is 13.8. The number of hydrogen-bond acceptors (Lipinski definition) is 5. The zero-order valence-electron chi connectivity index (χ0n) is 19.7. The second-order valence-electron chi connectivity index (χ2n) is 8.59. The first-order chi connectivity index (χ1) is 14.7. The molecule has 0 atom stereocenters. The van der Waals surface area contributed by atoms with Crippen LogP contribution in [0, 0.1) is 0 Å². The second-order valence-corrected chi connectivity index (χ2v) is 8.59. The van der Waals surface area contributed by atoms with E-state index in [9.17, 15) is 0 Å². The monoisotopic (exact) mass is 420 g/mol. The number of rotatable bonds is 20. The minimum absolute atomic E-state index is 0.203. The fourth-order valence-corrected chi connectivity index (χ4v) is 3.58. The molecule has 1 aromatic rings. The molecule has 5 nitrogen and oxygen atoms in total. The van der Waals surface area contributed by atoms with E-state index in [1.54, 1.807) is 0 Å². The smallest absolute Gasteiger partial charge is 0.120 e. The SMILES string of the molecule is CC(C)Oc1cc(CCCCCNCCCN)cc(CNCCCCCCCN)c1. The van der Waals surface area contributed by atoms with Crippen LogP contribution in [0.4, 0.5) is 0 Å². The second kappa shape index (κ2) is 18.6. The number of unbranched alkanes of at least 4 members (excludes halogenated alkanes) is 6. The summed E-state index contributed by atoms with van der Waals surface area (Å²) in [5.74, 6) is 1.00. The Bertz CT molecular complexity index is 484. The molecule has 0 aliphatic carbocycles. The van der Waals surface area contributed by atoms with Crippen molar-refractivity contribution in [1.82, 2.24) is 10.6 Å². The molecule has 30 heavy (non-hydrogen) atoms. The topological polar surface area (TPSA) is 85.3 Å². The number of benzene rings is 1. The first-order valence-corrected chi connectivity index (χ1v) is 12.3. The molecule has 5 heteroatoms. The van der Waals surface area contributed by atoms with Crippen molar-refractivity contribution >= 4 is 0 Å². The number of ether oxygens (including phenoxy) is 1.